The predicted molar refractivity (Wildman–Crippen MR) is 49.5 cm³/mol. The minimum absolute atomic E-state index is 0.690. The van der Waals surface area contributed by atoms with Crippen LogP contribution in [0, 0.1) is 6.92 Å². The summed E-state index contributed by atoms with van der Waals surface area (Å²) in [4.78, 5) is 0. The number of halogens is 1. The molecule has 3 nitrogen and oxygen atoms in total. The Balaban J connectivity index is 2.70. The lowest BCUT2D eigenvalue weighted by molar-refractivity contribution is 0.668. The Hall–Kier alpha value is -0.570. The maximum Gasteiger partial charge on any atom is 0.133 e. The monoisotopic (exact) mass is 187 g/mol. The van der Waals surface area contributed by atoms with E-state index in [1.807, 2.05) is 6.92 Å². The van der Waals surface area contributed by atoms with Crippen molar-refractivity contribution in [2.24, 2.45) is 0 Å². The second-order valence-electron chi connectivity index (χ2n) is 2.70. The van der Waals surface area contributed by atoms with Crippen LogP contribution in [0.3, 0.4) is 0 Å². The molecular weight excluding hydrogens is 174 g/mol. The van der Waals surface area contributed by atoms with Crippen molar-refractivity contribution in [2.75, 3.05) is 5.88 Å². The van der Waals surface area contributed by atoms with Gasteiger partial charge in [-0.25, -0.2) is 0 Å². The van der Waals surface area contributed by atoms with E-state index in [0.717, 1.165) is 31.0 Å². The van der Waals surface area contributed by atoms with Crippen molar-refractivity contribution in [3.8, 4) is 0 Å². The zero-order valence-corrected chi connectivity index (χ0v) is 8.30. The first-order chi connectivity index (χ1) is 5.79. The third-order valence-electron chi connectivity index (χ3n) is 1.86. The molecule has 0 saturated carbocycles. The Kier molecular flexibility index (Phi) is 3.53. The molecule has 12 heavy (non-hydrogen) atoms. The molecule has 0 spiro atoms. The highest BCUT2D eigenvalue weighted by Crippen LogP contribution is 2.04. The van der Waals surface area contributed by atoms with E-state index in [1.54, 1.807) is 0 Å². The number of nitrogens with zero attached hydrogens (tertiary/aromatic N) is 3. The summed E-state index contributed by atoms with van der Waals surface area (Å²) < 4.78 is 2.12. The van der Waals surface area contributed by atoms with Crippen LogP contribution >= 0.6 is 11.6 Å². The fourth-order valence-corrected chi connectivity index (χ4v) is 1.38. The van der Waals surface area contributed by atoms with Crippen molar-refractivity contribution in [1.29, 1.82) is 0 Å². The van der Waals surface area contributed by atoms with Gasteiger partial charge in [0, 0.05) is 18.8 Å². The molecule has 0 saturated heterocycles. The molecule has 1 aromatic heterocycles. The molecule has 1 heterocycles. The molecule has 0 atom stereocenters. The van der Waals surface area contributed by atoms with Gasteiger partial charge in [-0.05, 0) is 20.3 Å². The Morgan fingerprint density at radius 3 is 2.75 bits per heavy atom. The predicted octanol–water partition coefficient (Wildman–Crippen LogP) is 1.78. The van der Waals surface area contributed by atoms with Crippen LogP contribution in [0.2, 0.25) is 0 Å². The van der Waals surface area contributed by atoms with E-state index in [2.05, 4.69) is 21.7 Å². The summed E-state index contributed by atoms with van der Waals surface area (Å²) in [5, 5.41) is 8.09. The lowest BCUT2D eigenvalue weighted by Gasteiger charge is -2.03. The van der Waals surface area contributed by atoms with Crippen LogP contribution < -0.4 is 0 Å². The Labute approximate surface area is 77.8 Å². The van der Waals surface area contributed by atoms with Crippen LogP contribution in [-0.4, -0.2) is 20.6 Å². The minimum atomic E-state index is 0.690. The zero-order chi connectivity index (χ0) is 8.97. The standard InChI is InChI=1S/C8H14ClN3/c1-3-12-7(2)10-11-8(12)5-4-6-9/h3-6H2,1-2H3. The van der Waals surface area contributed by atoms with Gasteiger partial charge in [-0.1, -0.05) is 0 Å². The zero-order valence-electron chi connectivity index (χ0n) is 7.55. The average molecular weight is 188 g/mol. The quantitative estimate of drug-likeness (QED) is 0.673. The van der Waals surface area contributed by atoms with Crippen LogP contribution in [0.1, 0.15) is 25.0 Å². The summed E-state index contributed by atoms with van der Waals surface area (Å²) in [6.45, 7) is 5.01. The summed E-state index contributed by atoms with van der Waals surface area (Å²) in [6.07, 6.45) is 1.90. The first kappa shape index (κ1) is 9.52. The Bertz CT molecular complexity index is 244. The van der Waals surface area contributed by atoms with Gasteiger partial charge in [-0.15, -0.1) is 21.8 Å². The molecule has 0 aliphatic heterocycles. The Morgan fingerprint density at radius 2 is 2.17 bits per heavy atom. The number of aromatic nitrogens is 3. The third-order valence-corrected chi connectivity index (χ3v) is 2.13. The van der Waals surface area contributed by atoms with Crippen LogP contribution in [0.4, 0.5) is 0 Å². The highest BCUT2D eigenvalue weighted by Gasteiger charge is 2.05. The first-order valence-corrected chi connectivity index (χ1v) is 4.77. The first-order valence-electron chi connectivity index (χ1n) is 4.24. The van der Waals surface area contributed by atoms with Crippen LogP contribution in [-0.2, 0) is 13.0 Å². The smallest absolute Gasteiger partial charge is 0.133 e. The van der Waals surface area contributed by atoms with Crippen LogP contribution in [0.5, 0.6) is 0 Å². The number of hydrogen-bond donors (Lipinski definition) is 0. The van der Waals surface area contributed by atoms with Crippen molar-refractivity contribution in [1.82, 2.24) is 14.8 Å². The number of rotatable bonds is 4. The largest absolute Gasteiger partial charge is 0.316 e. The average Bonchev–Trinajstić information content (AvgIpc) is 2.43. The third kappa shape index (κ3) is 1.97. The molecule has 0 fully saturated rings. The van der Waals surface area contributed by atoms with Gasteiger partial charge in [0.15, 0.2) is 0 Å². The fourth-order valence-electron chi connectivity index (χ4n) is 1.25. The number of hydrogen-bond acceptors (Lipinski definition) is 2. The maximum absolute atomic E-state index is 5.60. The van der Waals surface area contributed by atoms with Gasteiger partial charge in [-0.2, -0.15) is 0 Å². The SMILES string of the molecule is CCn1c(C)nnc1CCCCl. The van der Waals surface area contributed by atoms with Crippen molar-refractivity contribution in [3.05, 3.63) is 11.6 Å². The summed E-state index contributed by atoms with van der Waals surface area (Å²) in [7, 11) is 0. The molecule has 4 heteroatoms. The molecule has 0 radical (unpaired) electrons. The summed E-state index contributed by atoms with van der Waals surface area (Å²) in [6, 6.07) is 0. The molecule has 0 aliphatic carbocycles. The van der Waals surface area contributed by atoms with E-state index in [-0.39, 0.29) is 0 Å². The van der Waals surface area contributed by atoms with Gasteiger partial charge in [0.25, 0.3) is 0 Å². The molecule has 0 aliphatic rings. The number of aryl methyl sites for hydroxylation is 2. The van der Waals surface area contributed by atoms with Gasteiger partial charge in [-0.3, -0.25) is 0 Å². The molecule has 0 bridgehead atoms. The summed E-state index contributed by atoms with van der Waals surface area (Å²) >= 11 is 5.60. The van der Waals surface area contributed by atoms with Crippen molar-refractivity contribution < 1.29 is 0 Å². The lowest BCUT2D eigenvalue weighted by atomic mass is 10.3. The molecular formula is C8H14ClN3. The molecule has 0 amide bonds. The van der Waals surface area contributed by atoms with Crippen LogP contribution in [0.15, 0.2) is 0 Å². The van der Waals surface area contributed by atoms with Gasteiger partial charge in [0.2, 0.25) is 0 Å². The molecule has 0 unspecified atom stereocenters. The second kappa shape index (κ2) is 4.45. The second-order valence-corrected chi connectivity index (χ2v) is 3.08. The summed E-state index contributed by atoms with van der Waals surface area (Å²) in [5.74, 6) is 2.73. The molecule has 1 aromatic rings. The Morgan fingerprint density at radius 1 is 1.42 bits per heavy atom. The van der Waals surface area contributed by atoms with E-state index in [4.69, 9.17) is 11.6 Å². The molecule has 1 rings (SSSR count). The van der Waals surface area contributed by atoms with E-state index < -0.39 is 0 Å². The highest BCUT2D eigenvalue weighted by atomic mass is 35.5. The molecule has 0 N–H and O–H groups in total. The van der Waals surface area contributed by atoms with E-state index in [9.17, 15) is 0 Å². The van der Waals surface area contributed by atoms with Gasteiger partial charge in [0.05, 0.1) is 0 Å². The maximum atomic E-state index is 5.60. The lowest BCUT2D eigenvalue weighted by Crippen LogP contribution is -2.03. The van der Waals surface area contributed by atoms with Crippen molar-refractivity contribution in [2.45, 2.75) is 33.2 Å². The van der Waals surface area contributed by atoms with Gasteiger partial charge < -0.3 is 4.57 Å². The summed E-state index contributed by atoms with van der Waals surface area (Å²) in [5.41, 5.74) is 0. The minimum Gasteiger partial charge on any atom is -0.316 e. The topological polar surface area (TPSA) is 30.7 Å². The van der Waals surface area contributed by atoms with E-state index >= 15 is 0 Å². The van der Waals surface area contributed by atoms with Crippen molar-refractivity contribution >= 4 is 11.6 Å². The molecule has 68 valence electrons. The number of alkyl halides is 1. The van der Waals surface area contributed by atoms with Crippen LogP contribution in [0.25, 0.3) is 0 Å². The van der Waals surface area contributed by atoms with E-state index in [1.165, 1.54) is 0 Å². The normalized spacial score (nSPS) is 10.6. The fraction of sp³-hybridized carbons (Fsp3) is 0.750. The molecule has 0 aromatic carbocycles. The van der Waals surface area contributed by atoms with Crippen molar-refractivity contribution in [3.63, 3.8) is 0 Å². The highest BCUT2D eigenvalue weighted by molar-refractivity contribution is 6.17. The van der Waals surface area contributed by atoms with Gasteiger partial charge in [0.1, 0.15) is 11.6 Å². The van der Waals surface area contributed by atoms with E-state index in [0.29, 0.717) is 5.88 Å². The van der Waals surface area contributed by atoms with Gasteiger partial charge >= 0.3 is 0 Å².